The van der Waals surface area contributed by atoms with E-state index in [-0.39, 0.29) is 108 Å². The van der Waals surface area contributed by atoms with E-state index in [9.17, 15) is 4.79 Å². The minimum atomic E-state index is -1.88. The second kappa shape index (κ2) is 16.0. The average Bonchev–Trinajstić information content (AvgIpc) is 3.82. The monoisotopic (exact) mass is 827 g/mol. The lowest BCUT2D eigenvalue weighted by Crippen LogP contribution is -2.61. The lowest BCUT2D eigenvalue weighted by Gasteiger charge is -2.47. The van der Waals surface area contributed by atoms with Crippen molar-refractivity contribution in [1.29, 1.82) is 0 Å². The lowest BCUT2D eigenvalue weighted by molar-refractivity contribution is -0.292. The zero-order valence-corrected chi connectivity index (χ0v) is 37.8. The molecule has 11 heteroatoms. The van der Waals surface area contributed by atoms with Crippen molar-refractivity contribution in [2.75, 3.05) is 6.61 Å². The Morgan fingerprint density at radius 3 is 2.26 bits per heavy atom. The number of ketones is 1. The number of hydrogen-bond donors (Lipinski definition) is 0. The van der Waals surface area contributed by atoms with Crippen LogP contribution in [0.15, 0.2) is 24.3 Å². The predicted molar refractivity (Wildman–Crippen MR) is 222 cm³/mol. The highest BCUT2D eigenvalue weighted by Crippen LogP contribution is 2.54. The summed E-state index contributed by atoms with van der Waals surface area (Å²) in [5.41, 5.74) is 2.32. The Balaban J connectivity index is 0.953. The quantitative estimate of drug-likeness (QED) is 0.199. The summed E-state index contributed by atoms with van der Waals surface area (Å²) in [5, 5.41) is 0.162. The van der Waals surface area contributed by atoms with E-state index in [1.54, 1.807) is 0 Å². The van der Waals surface area contributed by atoms with Gasteiger partial charge in [0.2, 0.25) is 0 Å². The molecule has 19 atom stereocenters. The highest BCUT2D eigenvalue weighted by Gasteiger charge is 2.68. The van der Waals surface area contributed by atoms with Crippen molar-refractivity contribution in [3.63, 3.8) is 0 Å². The van der Waals surface area contributed by atoms with Gasteiger partial charge in [-0.15, -0.1) is 0 Å². The molecule has 58 heavy (non-hydrogen) atoms. The maximum absolute atomic E-state index is 14.3. The van der Waals surface area contributed by atoms with Crippen LogP contribution in [0.5, 0.6) is 0 Å². The average molecular weight is 827 g/mol. The van der Waals surface area contributed by atoms with E-state index in [0.29, 0.717) is 31.1 Å². The standard InChI is InChI=1S/C47H74O10Si/c1-25(24-49-58(9,10)46(6,7)8)17-37-29(5)34-21-30(48)20-32-12-14-36-41(52-32)45-44-43(54-36)42-40(55-44)23-47(56-42,57-45)16-15-33-19-27(3)35(50-33)13-11-31-18-26(2)28(4)38(51-31)22-39(34)53-37/h25-26,29,31-45H,3-4,11-24H2,1-2,5-10H3/t25-,26+,29+,31-,32+,33?,34?,35?,36-,37+,38+,39?,40+,41-,42-,43-,44+,45?,47-/m0/s1. The number of hydrogen-bond acceptors (Lipinski definition) is 10. The molecular formula is C47H74O10Si. The molecule has 10 saturated heterocycles. The zero-order valence-electron chi connectivity index (χ0n) is 36.8. The molecule has 0 aliphatic carbocycles. The predicted octanol–water partition coefficient (Wildman–Crippen LogP) is 8.40. The minimum absolute atomic E-state index is 0.0185. The molecule has 326 valence electrons. The molecule has 0 aromatic heterocycles. The highest BCUT2D eigenvalue weighted by atomic mass is 28.4. The van der Waals surface area contributed by atoms with Crippen molar-refractivity contribution in [3.05, 3.63) is 24.3 Å². The van der Waals surface area contributed by atoms with Gasteiger partial charge in [-0.05, 0) is 104 Å². The lowest BCUT2D eigenvalue weighted by atomic mass is 9.78. The third-order valence-corrected chi connectivity index (χ3v) is 21.1. The largest absolute Gasteiger partial charge is 0.417 e. The van der Waals surface area contributed by atoms with Gasteiger partial charge in [0, 0.05) is 38.7 Å². The van der Waals surface area contributed by atoms with Crippen molar-refractivity contribution in [1.82, 2.24) is 0 Å². The first kappa shape index (κ1) is 42.3. The maximum Gasteiger partial charge on any atom is 0.191 e. The first-order valence-electron chi connectivity index (χ1n) is 23.3. The maximum atomic E-state index is 14.3. The second-order valence-electron chi connectivity index (χ2n) is 21.9. The van der Waals surface area contributed by atoms with Crippen molar-refractivity contribution in [3.8, 4) is 0 Å². The van der Waals surface area contributed by atoms with E-state index in [0.717, 1.165) is 76.4 Å². The third-order valence-electron chi connectivity index (χ3n) is 16.6. The van der Waals surface area contributed by atoms with Gasteiger partial charge >= 0.3 is 0 Å². The van der Waals surface area contributed by atoms with Crippen LogP contribution in [0.4, 0.5) is 0 Å². The Hall–Kier alpha value is -0.993. The van der Waals surface area contributed by atoms with Crippen LogP contribution in [0.2, 0.25) is 18.1 Å². The van der Waals surface area contributed by atoms with Crippen LogP contribution in [0.25, 0.3) is 0 Å². The molecule has 0 N–H and O–H groups in total. The Kier molecular flexibility index (Phi) is 11.7. The summed E-state index contributed by atoms with van der Waals surface area (Å²) < 4.78 is 61.6. The van der Waals surface area contributed by atoms with Gasteiger partial charge in [-0.25, -0.2) is 0 Å². The summed E-state index contributed by atoms with van der Waals surface area (Å²) in [6.45, 7) is 28.2. The Bertz CT molecular complexity index is 1560. The normalized spacial score (nSPS) is 48.8. The van der Waals surface area contributed by atoms with E-state index in [4.69, 9.17) is 42.3 Å². The summed E-state index contributed by atoms with van der Waals surface area (Å²) >= 11 is 0. The van der Waals surface area contributed by atoms with Crippen molar-refractivity contribution >= 4 is 14.1 Å². The van der Waals surface area contributed by atoms with E-state index in [2.05, 4.69) is 67.8 Å². The third kappa shape index (κ3) is 8.07. The molecule has 1 spiro atoms. The van der Waals surface area contributed by atoms with E-state index >= 15 is 0 Å². The van der Waals surface area contributed by atoms with Crippen molar-refractivity contribution in [2.24, 2.45) is 23.7 Å². The van der Waals surface area contributed by atoms with Crippen LogP contribution < -0.4 is 0 Å². The van der Waals surface area contributed by atoms with Crippen LogP contribution in [0, 0.1) is 23.7 Å². The molecule has 0 amide bonds. The number of Topliss-reactive ketones (excluding diaryl/α,β-unsaturated/α-hetero) is 1. The Labute approximate surface area is 349 Å². The van der Waals surface area contributed by atoms with Crippen molar-refractivity contribution < 1.29 is 47.1 Å². The summed E-state index contributed by atoms with van der Waals surface area (Å²) in [6, 6.07) is 0. The van der Waals surface area contributed by atoms with Gasteiger partial charge in [0.1, 0.15) is 36.3 Å². The molecular weight excluding hydrogens is 753 g/mol. The molecule has 0 saturated carbocycles. The molecule has 10 rings (SSSR count). The molecule has 10 heterocycles. The van der Waals surface area contributed by atoms with Gasteiger partial charge in [-0.1, -0.05) is 54.7 Å². The van der Waals surface area contributed by atoms with Crippen LogP contribution >= 0.6 is 0 Å². The summed E-state index contributed by atoms with van der Waals surface area (Å²) in [7, 11) is -1.88. The number of rotatable bonds is 5. The molecule has 5 unspecified atom stereocenters. The van der Waals surface area contributed by atoms with Crippen LogP contribution in [0.3, 0.4) is 0 Å². The molecule has 10 nitrogen and oxygen atoms in total. The van der Waals surface area contributed by atoms with E-state index < -0.39 is 14.1 Å². The fourth-order valence-electron chi connectivity index (χ4n) is 11.9. The molecule has 0 aromatic carbocycles. The van der Waals surface area contributed by atoms with Crippen molar-refractivity contribution in [2.45, 2.75) is 234 Å². The number of carbonyl (C=O) groups excluding carboxylic acids is 1. The first-order valence-corrected chi connectivity index (χ1v) is 26.2. The molecule has 0 radical (unpaired) electrons. The molecule has 10 aliphatic rings. The van der Waals surface area contributed by atoms with E-state index in [1.807, 2.05) is 0 Å². The first-order chi connectivity index (χ1) is 27.5. The van der Waals surface area contributed by atoms with Gasteiger partial charge in [0.15, 0.2) is 14.1 Å². The smallest absolute Gasteiger partial charge is 0.191 e. The summed E-state index contributed by atoms with van der Waals surface area (Å²) in [6.07, 6.45) is 8.52. The number of carbonyl (C=O) groups is 1. The number of fused-ring (bicyclic) bond motifs is 6. The van der Waals surface area contributed by atoms with E-state index in [1.165, 1.54) is 5.57 Å². The minimum Gasteiger partial charge on any atom is -0.417 e. The fraction of sp³-hybridized carbons (Fsp3) is 0.894. The molecule has 10 aliphatic heterocycles. The second-order valence-corrected chi connectivity index (χ2v) is 26.7. The Morgan fingerprint density at radius 2 is 1.47 bits per heavy atom. The van der Waals surface area contributed by atoms with Gasteiger partial charge in [0.25, 0.3) is 0 Å². The van der Waals surface area contributed by atoms with Gasteiger partial charge in [0.05, 0.1) is 54.9 Å². The van der Waals surface area contributed by atoms with Gasteiger partial charge in [-0.3, -0.25) is 4.79 Å². The Morgan fingerprint density at radius 1 is 0.759 bits per heavy atom. The van der Waals surface area contributed by atoms with Crippen LogP contribution in [-0.4, -0.2) is 112 Å². The highest BCUT2D eigenvalue weighted by molar-refractivity contribution is 6.74. The molecule has 12 bridgehead atoms. The molecule has 0 aromatic rings. The van der Waals surface area contributed by atoms with Gasteiger partial charge in [-0.2, -0.15) is 0 Å². The molecule has 10 fully saturated rings. The topological polar surface area (TPSA) is 100 Å². The number of ether oxygens (including phenoxy) is 8. The SMILES string of the molecule is C=C1CC2CC[C@@]34C[C@H]5O[C@H]6C(O3)[C@H]3O[C@H](CC[C@@H]3O[C@H]6[C@H]5O4)CC(=O)CC3C(C[C@H]4O[C@@H](CCC1O2)C[C@@H](C)C4=C)O[C@H](C[C@H](C)CO[Si](C)(C)C(C)(C)C)[C@@H]3C. The van der Waals surface area contributed by atoms with Gasteiger partial charge < -0.3 is 42.3 Å². The van der Waals surface area contributed by atoms with Crippen LogP contribution in [0.1, 0.15) is 125 Å². The fourth-order valence-corrected chi connectivity index (χ4v) is 13.1. The zero-order chi connectivity index (χ0) is 40.9. The summed E-state index contributed by atoms with van der Waals surface area (Å²) in [5.74, 6) is 0.467. The van der Waals surface area contributed by atoms with Crippen LogP contribution in [-0.2, 0) is 47.1 Å². The summed E-state index contributed by atoms with van der Waals surface area (Å²) in [4.78, 5) is 14.3.